The Labute approximate surface area is 287 Å². The molecule has 0 unspecified atom stereocenters. The molecule has 0 spiro atoms. The molecule has 0 saturated carbocycles. The van der Waals surface area contributed by atoms with Crippen LogP contribution >= 0.6 is 0 Å². The number of rotatable bonds is 13. The number of ether oxygens (including phenoxy) is 9. The fourth-order valence-corrected chi connectivity index (χ4v) is 7.61. The molecule has 20 heteroatoms. The predicted octanol–water partition coefficient (Wildman–Crippen LogP) is -6.03. The predicted molar refractivity (Wildman–Crippen MR) is 158 cm³/mol. The molecule has 6 aliphatic rings. The maximum absolute atomic E-state index is 11.4. The van der Waals surface area contributed by atoms with Crippen molar-refractivity contribution in [3.8, 4) is 0 Å². The minimum atomic E-state index is -2.69. The van der Waals surface area contributed by atoms with Crippen molar-refractivity contribution in [1.29, 1.82) is 0 Å². The summed E-state index contributed by atoms with van der Waals surface area (Å²) in [4.78, 5) is 0. The quantitative estimate of drug-likeness (QED) is 0.0621. The standard InChI is InChI=1S/C30H51NO19/c1-2-3-4-5-6-29(30(31,41)25(39)16(35)12(8-33)49-29)50-21-14-10-43-24(21)19(38)28(46-14)48-22-15(34)11(7-32)45-27(18(22)37)47-20-13-9-42-23(20)17(36)26(40)44-13/h11-28,32-41H,2-10,31H2,1H3/t11-,12-,13+,14+,15-,16+,17+,18-,19+,20+,21+,22+,23+,24+,25+,26-,27+,28+,29+,30-/m1/s1. The normalized spacial score (nSPS) is 53.5. The third-order valence-electron chi connectivity index (χ3n) is 10.5. The molecule has 0 amide bonds. The van der Waals surface area contributed by atoms with E-state index in [1.54, 1.807) is 0 Å². The number of fused-ring (bicyclic) bond motifs is 4. The van der Waals surface area contributed by atoms with Crippen molar-refractivity contribution < 1.29 is 93.7 Å². The molecule has 6 heterocycles. The largest absolute Gasteiger partial charge is 0.394 e. The summed E-state index contributed by atoms with van der Waals surface area (Å²) < 4.78 is 52.2. The van der Waals surface area contributed by atoms with Crippen LogP contribution in [-0.4, -0.2) is 199 Å². The number of aliphatic hydroxyl groups excluding tert-OH is 9. The van der Waals surface area contributed by atoms with Gasteiger partial charge in [0.05, 0.1) is 26.4 Å². The van der Waals surface area contributed by atoms with Crippen molar-refractivity contribution >= 4 is 0 Å². The van der Waals surface area contributed by atoms with Crippen LogP contribution in [0, 0.1) is 0 Å². The summed E-state index contributed by atoms with van der Waals surface area (Å²) in [6.45, 7) is 0.347. The zero-order valence-electron chi connectivity index (χ0n) is 27.5. The molecule has 290 valence electrons. The van der Waals surface area contributed by atoms with Gasteiger partial charge in [-0.1, -0.05) is 26.2 Å². The van der Waals surface area contributed by atoms with E-state index in [0.717, 1.165) is 12.8 Å². The van der Waals surface area contributed by atoms with Gasteiger partial charge in [-0.3, -0.25) is 5.73 Å². The molecule has 6 rings (SSSR count). The highest BCUT2D eigenvalue weighted by Gasteiger charge is 2.66. The first-order valence-corrected chi connectivity index (χ1v) is 17.1. The average Bonchev–Trinajstić information content (AvgIpc) is 3.58. The molecular formula is C30H51NO19. The number of nitrogens with two attached hydrogens (primary N) is 1. The fourth-order valence-electron chi connectivity index (χ4n) is 7.61. The van der Waals surface area contributed by atoms with Crippen LogP contribution in [0.3, 0.4) is 0 Å². The Morgan fingerprint density at radius 2 is 1.30 bits per heavy atom. The zero-order valence-corrected chi connectivity index (χ0v) is 27.5. The summed E-state index contributed by atoms with van der Waals surface area (Å²) in [5.41, 5.74) is 3.53. The van der Waals surface area contributed by atoms with Crippen LogP contribution in [0.2, 0.25) is 0 Å². The average molecular weight is 730 g/mol. The van der Waals surface area contributed by atoms with Gasteiger partial charge < -0.3 is 93.7 Å². The SMILES string of the molecule is CCCCCC[C@@]1(O[C@@H]2[C@H]3OC[C@@H]2O[C@@H](O[C@@H]2[C@@H](O)[C@H](O[C@@H]4[C@H]5OC[C@@H]4O[C@@H](O)[C@H]5O)O[C@H](CO)[C@H]2O)[C@H]3O)O[C@H](CO)[C@H](O)[C@H](O)[C@@]1(N)O. The smallest absolute Gasteiger partial charge is 0.215 e. The van der Waals surface area contributed by atoms with Gasteiger partial charge in [0.25, 0.3) is 0 Å². The maximum atomic E-state index is 11.4. The van der Waals surface area contributed by atoms with Gasteiger partial charge >= 0.3 is 0 Å². The van der Waals surface area contributed by atoms with E-state index in [2.05, 4.69) is 0 Å². The van der Waals surface area contributed by atoms with E-state index in [1.807, 2.05) is 6.92 Å². The van der Waals surface area contributed by atoms with Crippen LogP contribution in [-0.2, 0) is 42.6 Å². The molecule has 0 aliphatic carbocycles. The van der Waals surface area contributed by atoms with Crippen LogP contribution in [0.25, 0.3) is 0 Å². The second-order valence-corrected chi connectivity index (χ2v) is 13.8. The molecule has 6 saturated heterocycles. The number of unbranched alkanes of at least 4 members (excludes halogenated alkanes) is 3. The molecule has 0 radical (unpaired) electrons. The molecule has 6 aliphatic heterocycles. The highest BCUT2D eigenvalue weighted by atomic mass is 16.8. The number of hydrogen-bond donors (Lipinski definition) is 11. The first-order valence-electron chi connectivity index (χ1n) is 17.1. The summed E-state index contributed by atoms with van der Waals surface area (Å²) in [5.74, 6) is -2.19. The lowest BCUT2D eigenvalue weighted by Gasteiger charge is -2.55. The molecule has 20 atom stereocenters. The lowest BCUT2D eigenvalue weighted by Crippen LogP contribution is -2.79. The van der Waals surface area contributed by atoms with Crippen molar-refractivity contribution in [3.63, 3.8) is 0 Å². The van der Waals surface area contributed by atoms with Crippen molar-refractivity contribution in [2.75, 3.05) is 26.4 Å². The Morgan fingerprint density at radius 1 is 0.680 bits per heavy atom. The van der Waals surface area contributed by atoms with Gasteiger partial charge in [-0.2, -0.15) is 0 Å². The zero-order chi connectivity index (χ0) is 36.1. The molecule has 4 bridgehead atoms. The van der Waals surface area contributed by atoms with E-state index in [-0.39, 0.29) is 19.6 Å². The van der Waals surface area contributed by atoms with Crippen molar-refractivity contribution in [1.82, 2.24) is 0 Å². The van der Waals surface area contributed by atoms with Gasteiger partial charge in [0, 0.05) is 6.42 Å². The molecule has 0 aromatic heterocycles. The minimum Gasteiger partial charge on any atom is -0.394 e. The third-order valence-corrected chi connectivity index (χ3v) is 10.5. The van der Waals surface area contributed by atoms with Crippen molar-refractivity contribution in [2.45, 2.75) is 161 Å². The summed E-state index contributed by atoms with van der Waals surface area (Å²) in [6.07, 6.45) is -22.8. The highest BCUT2D eigenvalue weighted by Crippen LogP contribution is 2.45. The van der Waals surface area contributed by atoms with E-state index in [9.17, 15) is 51.1 Å². The van der Waals surface area contributed by atoms with E-state index >= 15 is 0 Å². The van der Waals surface area contributed by atoms with E-state index in [1.165, 1.54) is 0 Å². The van der Waals surface area contributed by atoms with Crippen molar-refractivity contribution in [3.05, 3.63) is 0 Å². The molecule has 6 fully saturated rings. The first kappa shape index (κ1) is 38.9. The van der Waals surface area contributed by atoms with Crippen molar-refractivity contribution in [2.24, 2.45) is 5.73 Å². The second-order valence-electron chi connectivity index (χ2n) is 13.8. The topological polar surface area (TPSA) is 311 Å². The van der Waals surface area contributed by atoms with E-state index < -0.39 is 135 Å². The monoisotopic (exact) mass is 729 g/mol. The van der Waals surface area contributed by atoms with Gasteiger partial charge in [0.15, 0.2) is 24.6 Å². The lowest BCUT2D eigenvalue weighted by atomic mass is 9.83. The fraction of sp³-hybridized carbons (Fsp3) is 1.00. The molecule has 0 aromatic rings. The Hall–Kier alpha value is -0.800. The highest BCUT2D eigenvalue weighted by molar-refractivity contribution is 5.08. The van der Waals surface area contributed by atoms with E-state index in [4.69, 9.17) is 48.4 Å². The second kappa shape index (κ2) is 15.5. The van der Waals surface area contributed by atoms with Gasteiger partial charge in [-0.15, -0.1) is 0 Å². The van der Waals surface area contributed by atoms with Crippen LogP contribution < -0.4 is 5.73 Å². The van der Waals surface area contributed by atoms with Gasteiger partial charge in [0.1, 0.15) is 91.6 Å². The van der Waals surface area contributed by atoms with Gasteiger partial charge in [-0.05, 0) is 6.42 Å². The molecular weight excluding hydrogens is 678 g/mol. The summed E-state index contributed by atoms with van der Waals surface area (Å²) in [6, 6.07) is 0. The van der Waals surface area contributed by atoms with Crippen LogP contribution in [0.5, 0.6) is 0 Å². The molecule has 50 heavy (non-hydrogen) atoms. The minimum absolute atomic E-state index is 0.0286. The number of hydrogen-bond acceptors (Lipinski definition) is 20. The summed E-state index contributed by atoms with van der Waals surface area (Å²) >= 11 is 0. The maximum Gasteiger partial charge on any atom is 0.215 e. The van der Waals surface area contributed by atoms with Crippen LogP contribution in [0.4, 0.5) is 0 Å². The molecule has 20 nitrogen and oxygen atoms in total. The van der Waals surface area contributed by atoms with Gasteiger partial charge in [0.2, 0.25) is 5.79 Å². The number of aliphatic hydroxyl groups is 10. The molecule has 12 N–H and O–H groups in total. The van der Waals surface area contributed by atoms with Crippen LogP contribution in [0.15, 0.2) is 0 Å². The van der Waals surface area contributed by atoms with Crippen LogP contribution in [0.1, 0.15) is 39.0 Å². The third kappa shape index (κ3) is 6.86. The summed E-state index contributed by atoms with van der Waals surface area (Å²) in [7, 11) is 0. The Kier molecular flexibility index (Phi) is 12.1. The van der Waals surface area contributed by atoms with E-state index in [0.29, 0.717) is 12.8 Å². The lowest BCUT2D eigenvalue weighted by molar-refractivity contribution is -0.426. The Balaban J connectivity index is 1.17. The summed E-state index contributed by atoms with van der Waals surface area (Å²) in [5, 5.41) is 106. The molecule has 0 aromatic carbocycles. The van der Waals surface area contributed by atoms with Gasteiger partial charge in [-0.25, -0.2) is 0 Å². The Morgan fingerprint density at radius 3 is 1.96 bits per heavy atom. The first-order chi connectivity index (χ1) is 23.8. The Bertz CT molecular complexity index is 1120.